The zero-order valence-corrected chi connectivity index (χ0v) is 12.5. The lowest BCUT2D eigenvalue weighted by Crippen LogP contribution is -2.16. The average Bonchev–Trinajstić information content (AvgIpc) is 2.41. The summed E-state index contributed by atoms with van der Waals surface area (Å²) >= 11 is 17.4. The first-order valence-corrected chi connectivity index (χ1v) is 6.68. The number of hydrogen-bond acceptors (Lipinski definition) is 3. The van der Waals surface area contributed by atoms with Crippen LogP contribution in [0.5, 0.6) is 0 Å². The van der Waals surface area contributed by atoms with Crippen LogP contribution in [0.15, 0.2) is 30.3 Å². The van der Waals surface area contributed by atoms with E-state index in [9.17, 15) is 9.59 Å². The van der Waals surface area contributed by atoms with Gasteiger partial charge in [0.25, 0.3) is 5.91 Å². The smallest absolute Gasteiger partial charge is 0.337 e. The van der Waals surface area contributed by atoms with Crippen molar-refractivity contribution >= 4 is 52.4 Å². The Bertz CT molecular complexity index is 735. The number of hydrogen-bond donors (Lipinski definition) is 2. The number of pyridine rings is 1. The van der Waals surface area contributed by atoms with Crippen molar-refractivity contribution in [2.45, 2.75) is 0 Å². The molecule has 0 unspecified atom stereocenters. The minimum atomic E-state index is -1.20. The number of nitrogens with one attached hydrogen (secondary N) is 1. The molecule has 1 aromatic carbocycles. The Balaban J connectivity index is 2.38. The molecular weight excluding hydrogens is 339 g/mol. The molecule has 0 bridgehead atoms. The standard InChI is InChI=1S/C13H7Cl3N2O3/c14-6-1-2-7(13(20)21)9(5-6)17-12(19)11-8(15)3-4-10(16)18-11/h1-5H,(H,17,19)(H,20,21). The third-order valence-corrected chi connectivity index (χ3v) is 3.24. The highest BCUT2D eigenvalue weighted by Crippen LogP contribution is 2.23. The maximum Gasteiger partial charge on any atom is 0.337 e. The third-order valence-electron chi connectivity index (χ3n) is 2.49. The van der Waals surface area contributed by atoms with Crippen molar-refractivity contribution in [3.05, 3.63) is 56.8 Å². The van der Waals surface area contributed by atoms with Gasteiger partial charge in [-0.3, -0.25) is 4.79 Å². The Labute approximate surface area is 134 Å². The Kier molecular flexibility index (Phi) is 4.67. The second-order valence-electron chi connectivity index (χ2n) is 3.91. The molecule has 2 aromatic rings. The van der Waals surface area contributed by atoms with E-state index in [4.69, 9.17) is 39.9 Å². The van der Waals surface area contributed by atoms with E-state index in [1.54, 1.807) is 0 Å². The van der Waals surface area contributed by atoms with E-state index in [1.165, 1.54) is 30.3 Å². The number of rotatable bonds is 3. The van der Waals surface area contributed by atoms with E-state index >= 15 is 0 Å². The number of carbonyl (C=O) groups excluding carboxylic acids is 1. The largest absolute Gasteiger partial charge is 0.478 e. The van der Waals surface area contributed by atoms with E-state index in [0.29, 0.717) is 0 Å². The number of carboxylic acids is 1. The normalized spacial score (nSPS) is 10.2. The molecule has 8 heteroatoms. The highest BCUT2D eigenvalue weighted by atomic mass is 35.5. The zero-order chi connectivity index (χ0) is 15.6. The SMILES string of the molecule is O=C(O)c1ccc(Cl)cc1NC(=O)c1nc(Cl)ccc1Cl. The average molecular weight is 346 g/mol. The minimum absolute atomic E-state index is 0.0397. The summed E-state index contributed by atoms with van der Waals surface area (Å²) in [5.41, 5.74) is -0.177. The van der Waals surface area contributed by atoms with E-state index < -0.39 is 11.9 Å². The van der Waals surface area contributed by atoms with E-state index in [0.717, 1.165) is 0 Å². The van der Waals surface area contributed by atoms with Gasteiger partial charge in [-0.1, -0.05) is 34.8 Å². The third kappa shape index (κ3) is 3.64. The lowest BCUT2D eigenvalue weighted by molar-refractivity contribution is 0.0698. The summed E-state index contributed by atoms with van der Waals surface area (Å²) in [5.74, 6) is -1.89. The van der Waals surface area contributed by atoms with Crippen LogP contribution in [-0.2, 0) is 0 Å². The number of carbonyl (C=O) groups is 2. The lowest BCUT2D eigenvalue weighted by Gasteiger charge is -2.09. The molecule has 2 rings (SSSR count). The van der Waals surface area contributed by atoms with Crippen LogP contribution in [-0.4, -0.2) is 22.0 Å². The summed E-state index contributed by atoms with van der Waals surface area (Å²) in [4.78, 5) is 27.0. The number of anilines is 1. The molecule has 21 heavy (non-hydrogen) atoms. The topological polar surface area (TPSA) is 79.3 Å². The van der Waals surface area contributed by atoms with Crippen LogP contribution in [0.1, 0.15) is 20.8 Å². The Morgan fingerprint density at radius 3 is 2.48 bits per heavy atom. The fraction of sp³-hybridized carbons (Fsp3) is 0. The molecule has 1 aromatic heterocycles. The molecule has 2 N–H and O–H groups in total. The van der Waals surface area contributed by atoms with Gasteiger partial charge in [-0.05, 0) is 30.3 Å². The monoisotopic (exact) mass is 344 g/mol. The van der Waals surface area contributed by atoms with E-state index in [1.807, 2.05) is 0 Å². The second-order valence-corrected chi connectivity index (χ2v) is 5.14. The van der Waals surface area contributed by atoms with Crippen molar-refractivity contribution in [2.24, 2.45) is 0 Å². The van der Waals surface area contributed by atoms with Gasteiger partial charge in [0.1, 0.15) is 10.8 Å². The van der Waals surface area contributed by atoms with Crippen molar-refractivity contribution in [1.82, 2.24) is 4.98 Å². The summed E-state index contributed by atoms with van der Waals surface area (Å²) in [6, 6.07) is 6.87. The van der Waals surface area contributed by atoms with Crippen LogP contribution in [0.2, 0.25) is 15.2 Å². The van der Waals surface area contributed by atoms with Gasteiger partial charge in [-0.15, -0.1) is 0 Å². The molecule has 0 saturated heterocycles. The molecule has 0 spiro atoms. The molecule has 1 heterocycles. The van der Waals surface area contributed by atoms with Crippen LogP contribution in [0.4, 0.5) is 5.69 Å². The summed E-state index contributed by atoms with van der Waals surface area (Å²) < 4.78 is 0. The van der Waals surface area contributed by atoms with Crippen LogP contribution < -0.4 is 5.32 Å². The van der Waals surface area contributed by atoms with Crippen molar-refractivity contribution < 1.29 is 14.7 Å². The molecule has 0 radical (unpaired) electrons. The molecule has 5 nitrogen and oxygen atoms in total. The summed E-state index contributed by atoms with van der Waals surface area (Å²) in [6.45, 7) is 0. The molecular formula is C13H7Cl3N2O3. The van der Waals surface area contributed by atoms with Gasteiger partial charge < -0.3 is 10.4 Å². The zero-order valence-electron chi connectivity index (χ0n) is 10.2. The minimum Gasteiger partial charge on any atom is -0.478 e. The molecule has 0 aliphatic carbocycles. The predicted molar refractivity (Wildman–Crippen MR) is 80.6 cm³/mol. The number of nitrogens with zero attached hydrogens (tertiary/aromatic N) is 1. The number of aromatic nitrogens is 1. The van der Waals surface area contributed by atoms with Gasteiger partial charge in [0.15, 0.2) is 0 Å². The van der Waals surface area contributed by atoms with Gasteiger partial charge in [0.05, 0.1) is 16.3 Å². The maximum absolute atomic E-state index is 12.1. The number of carboxylic acid groups (broad SMARTS) is 1. The van der Waals surface area contributed by atoms with Gasteiger partial charge in [0.2, 0.25) is 0 Å². The Hall–Kier alpha value is -1.82. The molecule has 0 aliphatic heterocycles. The summed E-state index contributed by atoms with van der Waals surface area (Å²) in [7, 11) is 0. The predicted octanol–water partition coefficient (Wildman–Crippen LogP) is 3.99. The first kappa shape index (κ1) is 15.6. The van der Waals surface area contributed by atoms with Gasteiger partial charge in [-0.2, -0.15) is 0 Å². The highest BCUT2D eigenvalue weighted by molar-refractivity contribution is 6.35. The first-order valence-electron chi connectivity index (χ1n) is 5.54. The molecule has 0 saturated carbocycles. The van der Waals surface area contributed by atoms with Crippen molar-refractivity contribution in [2.75, 3.05) is 5.32 Å². The van der Waals surface area contributed by atoms with Crippen LogP contribution in [0.3, 0.4) is 0 Å². The fourth-order valence-electron chi connectivity index (χ4n) is 1.57. The van der Waals surface area contributed by atoms with E-state index in [2.05, 4.69) is 10.3 Å². The van der Waals surface area contributed by atoms with E-state index in [-0.39, 0.29) is 32.1 Å². The molecule has 0 aliphatic rings. The quantitative estimate of drug-likeness (QED) is 0.824. The molecule has 0 fully saturated rings. The van der Waals surface area contributed by atoms with Crippen LogP contribution in [0.25, 0.3) is 0 Å². The first-order chi connectivity index (χ1) is 9.88. The molecule has 108 valence electrons. The van der Waals surface area contributed by atoms with Gasteiger partial charge in [-0.25, -0.2) is 9.78 Å². The molecule has 1 amide bonds. The summed E-state index contributed by atoms with van der Waals surface area (Å²) in [5, 5.41) is 12.0. The Morgan fingerprint density at radius 1 is 1.10 bits per heavy atom. The van der Waals surface area contributed by atoms with Crippen molar-refractivity contribution in [3.8, 4) is 0 Å². The summed E-state index contributed by atoms with van der Waals surface area (Å²) in [6.07, 6.45) is 0. The number of amides is 1. The maximum atomic E-state index is 12.1. The molecule has 0 atom stereocenters. The second kappa shape index (κ2) is 6.30. The fourth-order valence-corrected chi connectivity index (χ4v) is 2.08. The van der Waals surface area contributed by atoms with Crippen molar-refractivity contribution in [1.29, 1.82) is 0 Å². The highest BCUT2D eigenvalue weighted by Gasteiger charge is 2.17. The number of halogens is 3. The lowest BCUT2D eigenvalue weighted by atomic mass is 10.1. The van der Waals surface area contributed by atoms with Crippen LogP contribution in [0, 0.1) is 0 Å². The van der Waals surface area contributed by atoms with Crippen LogP contribution >= 0.6 is 34.8 Å². The Morgan fingerprint density at radius 2 is 1.81 bits per heavy atom. The number of aromatic carboxylic acids is 1. The van der Waals surface area contributed by atoms with Gasteiger partial charge in [0, 0.05) is 5.02 Å². The number of benzene rings is 1. The van der Waals surface area contributed by atoms with Crippen molar-refractivity contribution in [3.63, 3.8) is 0 Å². The van der Waals surface area contributed by atoms with Gasteiger partial charge >= 0.3 is 5.97 Å².